The van der Waals surface area contributed by atoms with Crippen LogP contribution >= 0.6 is 0 Å². The summed E-state index contributed by atoms with van der Waals surface area (Å²) in [5, 5.41) is 3.02. The van der Waals surface area contributed by atoms with Gasteiger partial charge in [0.2, 0.25) is 5.91 Å². The SMILES string of the molecule is NC(=O)c1ccc(C(=O)NC2CCCc3cccnc32)cc1. The number of aromatic nitrogens is 1. The maximum atomic E-state index is 12.3. The Kier molecular flexibility index (Phi) is 3.87. The summed E-state index contributed by atoms with van der Waals surface area (Å²) in [6, 6.07) is 10.3. The van der Waals surface area contributed by atoms with Crippen molar-refractivity contribution in [3.8, 4) is 0 Å². The van der Waals surface area contributed by atoms with Crippen molar-refractivity contribution in [2.75, 3.05) is 0 Å². The molecule has 1 aromatic heterocycles. The molecular formula is C17H17N3O2. The molecule has 2 aromatic rings. The molecule has 0 aliphatic heterocycles. The van der Waals surface area contributed by atoms with E-state index in [9.17, 15) is 9.59 Å². The molecule has 1 aliphatic carbocycles. The highest BCUT2D eigenvalue weighted by Crippen LogP contribution is 2.27. The molecule has 0 bridgehead atoms. The Hall–Kier alpha value is -2.69. The minimum Gasteiger partial charge on any atom is -0.366 e. The summed E-state index contributed by atoms with van der Waals surface area (Å²) < 4.78 is 0. The van der Waals surface area contributed by atoms with Crippen LogP contribution in [0.3, 0.4) is 0 Å². The summed E-state index contributed by atoms with van der Waals surface area (Å²) in [4.78, 5) is 27.8. The van der Waals surface area contributed by atoms with Gasteiger partial charge in [-0.1, -0.05) is 6.07 Å². The normalized spacial score (nSPS) is 16.6. The molecule has 0 fully saturated rings. The quantitative estimate of drug-likeness (QED) is 0.908. The van der Waals surface area contributed by atoms with Gasteiger partial charge in [-0.05, 0) is 55.2 Å². The molecule has 22 heavy (non-hydrogen) atoms. The summed E-state index contributed by atoms with van der Waals surface area (Å²) in [5.41, 5.74) is 8.24. The van der Waals surface area contributed by atoms with Crippen molar-refractivity contribution in [1.82, 2.24) is 10.3 Å². The summed E-state index contributed by atoms with van der Waals surface area (Å²) in [6.07, 6.45) is 4.67. The number of amides is 2. The first-order valence-electron chi connectivity index (χ1n) is 7.29. The Morgan fingerprint density at radius 2 is 1.86 bits per heavy atom. The van der Waals surface area contributed by atoms with E-state index in [0.29, 0.717) is 11.1 Å². The van der Waals surface area contributed by atoms with Gasteiger partial charge in [0.15, 0.2) is 0 Å². The second-order valence-electron chi connectivity index (χ2n) is 5.41. The van der Waals surface area contributed by atoms with Gasteiger partial charge in [-0.15, -0.1) is 0 Å². The van der Waals surface area contributed by atoms with Gasteiger partial charge in [0, 0.05) is 17.3 Å². The average molecular weight is 295 g/mol. The first-order chi connectivity index (χ1) is 10.6. The number of rotatable bonds is 3. The van der Waals surface area contributed by atoms with E-state index in [4.69, 9.17) is 5.73 Å². The predicted octanol–water partition coefficient (Wildman–Crippen LogP) is 1.99. The Labute approximate surface area is 128 Å². The van der Waals surface area contributed by atoms with E-state index >= 15 is 0 Å². The van der Waals surface area contributed by atoms with Gasteiger partial charge in [-0.25, -0.2) is 0 Å². The standard InChI is InChI=1S/C17H17N3O2/c18-16(21)12-6-8-13(9-7-12)17(22)20-14-5-1-3-11-4-2-10-19-15(11)14/h2,4,6-10,14H,1,3,5H2,(H2,18,21)(H,20,22). The van der Waals surface area contributed by atoms with Gasteiger partial charge >= 0.3 is 0 Å². The molecule has 1 atom stereocenters. The molecule has 1 unspecified atom stereocenters. The smallest absolute Gasteiger partial charge is 0.251 e. The molecule has 1 aromatic carbocycles. The lowest BCUT2D eigenvalue weighted by Gasteiger charge is -2.25. The second-order valence-corrected chi connectivity index (χ2v) is 5.41. The number of hydrogen-bond donors (Lipinski definition) is 2. The lowest BCUT2D eigenvalue weighted by Crippen LogP contribution is -2.31. The number of hydrogen-bond acceptors (Lipinski definition) is 3. The monoisotopic (exact) mass is 295 g/mol. The van der Waals surface area contributed by atoms with Gasteiger partial charge in [0.25, 0.3) is 5.91 Å². The van der Waals surface area contributed by atoms with Crippen LogP contribution in [0.25, 0.3) is 0 Å². The van der Waals surface area contributed by atoms with Crippen LogP contribution < -0.4 is 11.1 Å². The molecule has 5 nitrogen and oxygen atoms in total. The topological polar surface area (TPSA) is 85.1 Å². The number of benzene rings is 1. The number of primary amides is 1. The van der Waals surface area contributed by atoms with Crippen LogP contribution in [-0.4, -0.2) is 16.8 Å². The van der Waals surface area contributed by atoms with E-state index in [0.717, 1.165) is 25.0 Å². The first kappa shape index (κ1) is 14.3. The molecule has 2 amide bonds. The van der Waals surface area contributed by atoms with E-state index in [2.05, 4.69) is 16.4 Å². The lowest BCUT2D eigenvalue weighted by atomic mass is 9.91. The Bertz CT molecular complexity index is 710. The third kappa shape index (κ3) is 2.83. The second kappa shape index (κ2) is 5.97. The van der Waals surface area contributed by atoms with Crippen LogP contribution in [0, 0.1) is 0 Å². The number of nitrogens with zero attached hydrogens (tertiary/aromatic N) is 1. The van der Waals surface area contributed by atoms with Crippen molar-refractivity contribution in [3.05, 3.63) is 65.0 Å². The molecule has 5 heteroatoms. The molecule has 3 N–H and O–H groups in total. The fourth-order valence-electron chi connectivity index (χ4n) is 2.78. The molecular weight excluding hydrogens is 278 g/mol. The summed E-state index contributed by atoms with van der Waals surface area (Å²) >= 11 is 0. The van der Waals surface area contributed by atoms with Crippen molar-refractivity contribution in [1.29, 1.82) is 0 Å². The van der Waals surface area contributed by atoms with E-state index in [1.807, 2.05) is 6.07 Å². The van der Waals surface area contributed by atoms with Gasteiger partial charge in [-0.2, -0.15) is 0 Å². The number of aryl methyl sites for hydroxylation is 1. The fraction of sp³-hybridized carbons (Fsp3) is 0.235. The first-order valence-corrected chi connectivity index (χ1v) is 7.29. The molecule has 0 saturated carbocycles. The zero-order chi connectivity index (χ0) is 15.5. The highest BCUT2D eigenvalue weighted by molar-refractivity contribution is 5.97. The predicted molar refractivity (Wildman–Crippen MR) is 82.3 cm³/mol. The molecule has 112 valence electrons. The highest BCUT2D eigenvalue weighted by atomic mass is 16.2. The maximum absolute atomic E-state index is 12.3. The minimum atomic E-state index is -0.502. The van der Waals surface area contributed by atoms with E-state index in [1.165, 1.54) is 5.56 Å². The third-order valence-electron chi connectivity index (χ3n) is 3.93. The maximum Gasteiger partial charge on any atom is 0.251 e. The van der Waals surface area contributed by atoms with Crippen LogP contribution in [0.5, 0.6) is 0 Å². The van der Waals surface area contributed by atoms with Crippen molar-refractivity contribution < 1.29 is 9.59 Å². The Morgan fingerprint density at radius 3 is 2.59 bits per heavy atom. The van der Waals surface area contributed by atoms with Crippen LogP contribution in [0.2, 0.25) is 0 Å². The fourth-order valence-corrected chi connectivity index (χ4v) is 2.78. The lowest BCUT2D eigenvalue weighted by molar-refractivity contribution is 0.0929. The van der Waals surface area contributed by atoms with Gasteiger partial charge in [0.05, 0.1) is 11.7 Å². The molecule has 3 rings (SSSR count). The zero-order valence-corrected chi connectivity index (χ0v) is 12.1. The largest absolute Gasteiger partial charge is 0.366 e. The minimum absolute atomic E-state index is 0.0618. The number of carbonyl (C=O) groups is 2. The number of carbonyl (C=O) groups excluding carboxylic acids is 2. The zero-order valence-electron chi connectivity index (χ0n) is 12.1. The van der Waals surface area contributed by atoms with Gasteiger partial charge in [-0.3, -0.25) is 14.6 Å². The van der Waals surface area contributed by atoms with Gasteiger partial charge in [0.1, 0.15) is 0 Å². The Morgan fingerprint density at radius 1 is 1.14 bits per heavy atom. The summed E-state index contributed by atoms with van der Waals surface area (Å²) in [5.74, 6) is -0.670. The van der Waals surface area contributed by atoms with E-state index < -0.39 is 5.91 Å². The molecule has 0 spiro atoms. The van der Waals surface area contributed by atoms with Gasteiger partial charge < -0.3 is 11.1 Å². The van der Waals surface area contributed by atoms with Crippen molar-refractivity contribution in [2.24, 2.45) is 5.73 Å². The van der Waals surface area contributed by atoms with Crippen molar-refractivity contribution >= 4 is 11.8 Å². The molecule has 0 saturated heterocycles. The van der Waals surface area contributed by atoms with Crippen molar-refractivity contribution in [2.45, 2.75) is 25.3 Å². The average Bonchev–Trinajstić information content (AvgIpc) is 2.55. The molecule has 0 radical (unpaired) electrons. The van der Waals surface area contributed by atoms with Crippen LogP contribution in [0.15, 0.2) is 42.6 Å². The van der Waals surface area contributed by atoms with E-state index in [-0.39, 0.29) is 11.9 Å². The number of fused-ring (bicyclic) bond motifs is 1. The molecule has 1 heterocycles. The Balaban J connectivity index is 1.76. The van der Waals surface area contributed by atoms with Crippen LogP contribution in [0.4, 0.5) is 0 Å². The summed E-state index contributed by atoms with van der Waals surface area (Å²) in [6.45, 7) is 0. The highest BCUT2D eigenvalue weighted by Gasteiger charge is 2.23. The number of pyridine rings is 1. The van der Waals surface area contributed by atoms with Crippen molar-refractivity contribution in [3.63, 3.8) is 0 Å². The number of nitrogens with one attached hydrogen (secondary N) is 1. The molecule has 1 aliphatic rings. The van der Waals surface area contributed by atoms with Crippen LogP contribution in [0.1, 0.15) is 50.9 Å². The third-order valence-corrected chi connectivity index (χ3v) is 3.93. The summed E-state index contributed by atoms with van der Waals surface area (Å²) in [7, 11) is 0. The van der Waals surface area contributed by atoms with Crippen LogP contribution in [-0.2, 0) is 6.42 Å². The van der Waals surface area contributed by atoms with E-state index in [1.54, 1.807) is 30.5 Å². The number of nitrogens with two attached hydrogens (primary N) is 1.